The van der Waals surface area contributed by atoms with Gasteiger partial charge in [-0.15, -0.1) is 0 Å². The van der Waals surface area contributed by atoms with Crippen molar-refractivity contribution in [3.05, 3.63) is 53.6 Å². The van der Waals surface area contributed by atoms with Crippen molar-refractivity contribution < 1.29 is 23.9 Å². The highest BCUT2D eigenvalue weighted by atomic mass is 16.6. The molecule has 2 heterocycles. The number of benzene rings is 1. The number of rotatable bonds is 4. The van der Waals surface area contributed by atoms with Gasteiger partial charge in [-0.1, -0.05) is 18.2 Å². The number of hydrogen-bond donors (Lipinski definition) is 0. The van der Waals surface area contributed by atoms with Gasteiger partial charge in [-0.2, -0.15) is 0 Å². The maximum Gasteiger partial charge on any atom is 0.415 e. The first kappa shape index (κ1) is 27.6. The zero-order valence-corrected chi connectivity index (χ0v) is 23.9. The van der Waals surface area contributed by atoms with E-state index in [-0.39, 0.29) is 11.8 Å². The lowest BCUT2D eigenvalue weighted by atomic mass is 9.73. The predicted octanol–water partition coefficient (Wildman–Crippen LogP) is 6.14. The van der Waals surface area contributed by atoms with E-state index in [2.05, 4.69) is 4.98 Å². The molecule has 0 saturated heterocycles. The van der Waals surface area contributed by atoms with Gasteiger partial charge in [0.05, 0.1) is 17.6 Å². The van der Waals surface area contributed by atoms with Gasteiger partial charge in [0.15, 0.2) is 5.82 Å². The third-order valence-corrected chi connectivity index (χ3v) is 6.74. The maximum atomic E-state index is 14.0. The number of ketones is 1. The number of carbonyl (C=O) groups is 3. The highest BCUT2D eigenvalue weighted by molar-refractivity contribution is 6.06. The summed E-state index contributed by atoms with van der Waals surface area (Å²) >= 11 is 0. The third kappa shape index (κ3) is 5.26. The molecule has 8 heteroatoms. The molecule has 0 N–H and O–H groups in total. The second-order valence-electron chi connectivity index (χ2n) is 12.5. The average Bonchev–Trinajstić information content (AvgIpc) is 3.38. The molecule has 1 aromatic carbocycles. The minimum atomic E-state index is -0.945. The number of Topliss-reactive ketones (excluding diaryl/α,β-unsaturated/α-hetero) is 1. The summed E-state index contributed by atoms with van der Waals surface area (Å²) < 4.78 is 13.5. The number of anilines is 1. The molecule has 2 aromatic rings. The monoisotopic (exact) mass is 521 g/mol. The minimum Gasteiger partial charge on any atom is -0.460 e. The van der Waals surface area contributed by atoms with Gasteiger partial charge in [-0.05, 0) is 85.9 Å². The van der Waals surface area contributed by atoms with E-state index in [0.717, 1.165) is 16.7 Å². The smallest absolute Gasteiger partial charge is 0.415 e. The third-order valence-electron chi connectivity index (χ3n) is 6.74. The Morgan fingerprint density at radius 3 is 2.29 bits per heavy atom. The quantitative estimate of drug-likeness (QED) is 0.355. The van der Waals surface area contributed by atoms with E-state index in [0.29, 0.717) is 17.9 Å². The van der Waals surface area contributed by atoms with Gasteiger partial charge in [-0.25, -0.2) is 9.78 Å². The van der Waals surface area contributed by atoms with Crippen molar-refractivity contribution in [2.24, 2.45) is 11.8 Å². The lowest BCUT2D eigenvalue weighted by molar-refractivity contribution is -0.161. The van der Waals surface area contributed by atoms with Crippen LogP contribution in [-0.2, 0) is 14.3 Å². The molecule has 4 rings (SSSR count). The van der Waals surface area contributed by atoms with Crippen molar-refractivity contribution in [3.8, 4) is 0 Å². The van der Waals surface area contributed by atoms with Gasteiger partial charge in [-0.3, -0.25) is 14.5 Å². The number of aryl methyl sites for hydroxylation is 1. The van der Waals surface area contributed by atoms with Crippen LogP contribution in [0.15, 0.2) is 36.7 Å². The first-order valence-corrected chi connectivity index (χ1v) is 13.2. The summed E-state index contributed by atoms with van der Waals surface area (Å²) in [5.41, 5.74) is 1.80. The van der Waals surface area contributed by atoms with Crippen LogP contribution in [0.25, 0.3) is 5.57 Å². The Morgan fingerprint density at radius 1 is 1.03 bits per heavy atom. The number of amides is 1. The van der Waals surface area contributed by atoms with Crippen molar-refractivity contribution in [2.75, 3.05) is 4.90 Å². The molecule has 0 spiro atoms. The Kier molecular flexibility index (Phi) is 7.06. The van der Waals surface area contributed by atoms with Crippen LogP contribution in [0.5, 0.6) is 0 Å². The second kappa shape index (κ2) is 9.71. The number of carbonyl (C=O) groups excluding carboxylic acids is 3. The Bertz CT molecular complexity index is 1290. The lowest BCUT2D eigenvalue weighted by Gasteiger charge is -2.39. The van der Waals surface area contributed by atoms with Gasteiger partial charge in [0.2, 0.25) is 5.78 Å². The lowest BCUT2D eigenvalue weighted by Crippen LogP contribution is -2.52. The molecule has 2 aliphatic rings. The van der Waals surface area contributed by atoms with Crippen LogP contribution in [0.1, 0.15) is 89.6 Å². The number of imidazole rings is 1. The molecule has 0 unspecified atom stereocenters. The zero-order chi connectivity index (χ0) is 28.2. The molecule has 38 heavy (non-hydrogen) atoms. The van der Waals surface area contributed by atoms with Crippen molar-refractivity contribution in [1.29, 1.82) is 0 Å². The van der Waals surface area contributed by atoms with Crippen molar-refractivity contribution in [3.63, 3.8) is 0 Å². The standard InChI is InChI=1S/C30H39N3O5/c1-17(2)32-15-14-31-26(32)25(34)21-13-12-20-19-11-10-18(3)16-22(19)33(28(36)38-30(7,8)9)24(20)23(21)27(35)37-29(4,5)6/h10-12,14-17,21,23-24H,13H2,1-9H3/t21-,23+,24-/m1/s1. The largest absolute Gasteiger partial charge is 0.460 e. The van der Waals surface area contributed by atoms with Crippen LogP contribution in [0, 0.1) is 18.8 Å². The maximum absolute atomic E-state index is 14.0. The van der Waals surface area contributed by atoms with E-state index in [4.69, 9.17) is 9.47 Å². The molecule has 1 aliphatic carbocycles. The summed E-state index contributed by atoms with van der Waals surface area (Å²) in [6.07, 6.45) is 5.11. The van der Waals surface area contributed by atoms with E-state index >= 15 is 0 Å². The molecule has 0 saturated carbocycles. The van der Waals surface area contributed by atoms with E-state index in [1.54, 1.807) is 58.8 Å². The number of ether oxygens (including phenoxy) is 2. The minimum absolute atomic E-state index is 0.0168. The normalized spacial score (nSPS) is 21.1. The Balaban J connectivity index is 1.87. The van der Waals surface area contributed by atoms with Gasteiger partial charge in [0.1, 0.15) is 11.2 Å². The van der Waals surface area contributed by atoms with Gasteiger partial charge < -0.3 is 14.0 Å². The molecule has 8 nitrogen and oxygen atoms in total. The van der Waals surface area contributed by atoms with E-state index in [1.165, 1.54) is 0 Å². The fraction of sp³-hybridized carbons (Fsp3) is 0.533. The molecule has 1 aromatic heterocycles. The summed E-state index contributed by atoms with van der Waals surface area (Å²) in [4.78, 5) is 47.6. The molecule has 204 valence electrons. The van der Waals surface area contributed by atoms with Crippen LogP contribution in [0.3, 0.4) is 0 Å². The topological polar surface area (TPSA) is 90.7 Å². The average molecular weight is 522 g/mol. The summed E-state index contributed by atoms with van der Waals surface area (Å²) in [6, 6.07) is 5.14. The fourth-order valence-electron chi connectivity index (χ4n) is 5.28. The van der Waals surface area contributed by atoms with Crippen molar-refractivity contribution in [2.45, 2.75) is 92.0 Å². The first-order chi connectivity index (χ1) is 17.6. The molecule has 0 radical (unpaired) electrons. The molecular formula is C30H39N3O5. The molecule has 3 atom stereocenters. The van der Waals surface area contributed by atoms with Gasteiger partial charge in [0, 0.05) is 29.9 Å². The van der Waals surface area contributed by atoms with Crippen molar-refractivity contribution >= 4 is 29.1 Å². The summed E-state index contributed by atoms with van der Waals surface area (Å²) in [5.74, 6) is -2.18. The number of esters is 1. The number of fused-ring (bicyclic) bond motifs is 3. The van der Waals surface area contributed by atoms with Crippen molar-refractivity contribution in [1.82, 2.24) is 9.55 Å². The Labute approximate surface area is 225 Å². The second-order valence-corrected chi connectivity index (χ2v) is 12.5. The molecular weight excluding hydrogens is 482 g/mol. The Morgan fingerprint density at radius 2 is 1.68 bits per heavy atom. The SMILES string of the molecule is Cc1ccc2c(c1)N(C(=O)OC(C)(C)C)[C@@H]1C2=CC[C@@H](C(=O)c2nccn2C(C)C)[C@@H]1C(=O)OC(C)(C)C. The van der Waals surface area contributed by atoms with Gasteiger partial charge in [0.25, 0.3) is 0 Å². The van der Waals surface area contributed by atoms with Crippen LogP contribution >= 0.6 is 0 Å². The summed E-state index contributed by atoms with van der Waals surface area (Å²) in [7, 11) is 0. The number of aromatic nitrogens is 2. The van der Waals surface area contributed by atoms with Crippen LogP contribution in [0.4, 0.5) is 10.5 Å². The summed E-state index contributed by atoms with van der Waals surface area (Å²) in [6.45, 7) is 16.7. The molecule has 1 aliphatic heterocycles. The fourth-order valence-corrected chi connectivity index (χ4v) is 5.28. The first-order valence-electron chi connectivity index (χ1n) is 13.2. The number of hydrogen-bond acceptors (Lipinski definition) is 6. The van der Waals surface area contributed by atoms with Gasteiger partial charge >= 0.3 is 12.1 Å². The van der Waals surface area contributed by atoms with E-state index in [9.17, 15) is 14.4 Å². The predicted molar refractivity (Wildman–Crippen MR) is 146 cm³/mol. The highest BCUT2D eigenvalue weighted by Gasteiger charge is 2.54. The molecule has 0 fully saturated rings. The number of nitrogens with zero attached hydrogens (tertiary/aromatic N) is 3. The number of allylic oxidation sites excluding steroid dienone is 1. The van der Waals surface area contributed by atoms with E-state index < -0.39 is 41.1 Å². The Hall–Kier alpha value is -3.42. The van der Waals surface area contributed by atoms with Crippen LogP contribution in [-0.4, -0.2) is 44.6 Å². The molecule has 0 bridgehead atoms. The zero-order valence-electron chi connectivity index (χ0n) is 23.9. The van der Waals surface area contributed by atoms with Crippen LogP contribution in [0.2, 0.25) is 0 Å². The van der Waals surface area contributed by atoms with Crippen LogP contribution < -0.4 is 4.90 Å². The highest BCUT2D eigenvalue weighted by Crippen LogP contribution is 2.50. The summed E-state index contributed by atoms with van der Waals surface area (Å²) in [5, 5.41) is 0. The van der Waals surface area contributed by atoms with E-state index in [1.807, 2.05) is 49.6 Å². The molecule has 1 amide bonds.